The molecule has 1 unspecified atom stereocenters. The predicted molar refractivity (Wildman–Crippen MR) is 77.4 cm³/mol. The molecule has 1 fully saturated rings. The Kier molecular flexibility index (Phi) is 3.95. The van der Waals surface area contributed by atoms with Crippen molar-refractivity contribution in [1.82, 2.24) is 4.98 Å². The van der Waals surface area contributed by atoms with E-state index in [1.807, 2.05) is 6.07 Å². The number of benzene rings is 1. The zero-order valence-corrected chi connectivity index (χ0v) is 11.6. The van der Waals surface area contributed by atoms with E-state index in [1.54, 1.807) is 12.3 Å². The van der Waals surface area contributed by atoms with E-state index in [0.29, 0.717) is 19.1 Å². The number of halogens is 2. The molecule has 1 aliphatic carbocycles. The number of hydrogen-bond acceptors (Lipinski definition) is 2. The van der Waals surface area contributed by atoms with Crippen LogP contribution in [-0.4, -0.2) is 17.4 Å². The van der Waals surface area contributed by atoms with Gasteiger partial charge in [0, 0.05) is 11.6 Å². The summed E-state index contributed by atoms with van der Waals surface area (Å²) in [4.78, 5) is 14.8. The first-order chi connectivity index (χ1) is 10.2. The van der Waals surface area contributed by atoms with Gasteiger partial charge >= 0.3 is 0 Å². The number of aldehydes is 1. The third kappa shape index (κ3) is 2.80. The maximum atomic E-state index is 13.5. The predicted octanol–water partition coefficient (Wildman–Crippen LogP) is 4.18. The minimum Gasteiger partial charge on any atom is -0.300 e. The van der Waals surface area contributed by atoms with Crippen molar-refractivity contribution in [2.75, 3.05) is 0 Å². The van der Waals surface area contributed by atoms with Gasteiger partial charge in [0.25, 0.3) is 0 Å². The van der Waals surface area contributed by atoms with Gasteiger partial charge in [-0.05, 0) is 67.3 Å². The quantitative estimate of drug-likeness (QED) is 0.793. The smallest absolute Gasteiger partial charge is 0.158 e. The molecule has 0 amide bonds. The molecule has 4 heteroatoms. The lowest BCUT2D eigenvalue weighted by Crippen LogP contribution is -2.23. The van der Waals surface area contributed by atoms with E-state index in [9.17, 15) is 13.6 Å². The van der Waals surface area contributed by atoms with Crippen molar-refractivity contribution in [3.05, 3.63) is 41.8 Å². The molecule has 0 bridgehead atoms. The number of carbonyl (C=O) groups is 1. The lowest BCUT2D eigenvalue weighted by molar-refractivity contribution is -0.114. The van der Waals surface area contributed by atoms with Crippen LogP contribution < -0.4 is 0 Å². The van der Waals surface area contributed by atoms with Crippen LogP contribution in [0.25, 0.3) is 10.9 Å². The van der Waals surface area contributed by atoms with Crippen molar-refractivity contribution in [3.63, 3.8) is 0 Å². The molecular formula is C17H17F2NO. The number of nitrogens with zero attached hydrogens (tertiary/aromatic N) is 1. The summed E-state index contributed by atoms with van der Waals surface area (Å²) in [5.74, 6) is -0.147. The fourth-order valence-electron chi connectivity index (χ4n) is 3.36. The first-order valence-electron chi connectivity index (χ1n) is 7.32. The van der Waals surface area contributed by atoms with Crippen LogP contribution in [0.5, 0.6) is 0 Å². The molecule has 110 valence electrons. The summed E-state index contributed by atoms with van der Waals surface area (Å²) < 4.78 is 26.9. The van der Waals surface area contributed by atoms with Crippen LogP contribution in [0.15, 0.2) is 30.5 Å². The first kappa shape index (κ1) is 14.1. The van der Waals surface area contributed by atoms with Gasteiger partial charge in [0.2, 0.25) is 0 Å². The molecule has 1 aliphatic rings. The second-order valence-corrected chi connectivity index (χ2v) is 5.75. The molecule has 0 radical (unpaired) electrons. The number of alkyl halides is 1. The number of fused-ring (bicyclic) bond motifs is 1. The van der Waals surface area contributed by atoms with Crippen molar-refractivity contribution in [2.45, 2.75) is 37.8 Å². The van der Waals surface area contributed by atoms with Gasteiger partial charge < -0.3 is 4.79 Å². The molecule has 0 saturated heterocycles. The molecule has 0 spiro atoms. The van der Waals surface area contributed by atoms with Crippen LogP contribution in [-0.2, 0) is 4.79 Å². The van der Waals surface area contributed by atoms with Gasteiger partial charge in [0.1, 0.15) is 5.82 Å². The summed E-state index contributed by atoms with van der Waals surface area (Å²) in [6.07, 6.45) is 3.85. The second-order valence-electron chi connectivity index (χ2n) is 5.75. The number of rotatable bonds is 3. The molecule has 21 heavy (non-hydrogen) atoms. The Morgan fingerprint density at radius 1 is 1.19 bits per heavy atom. The average molecular weight is 289 g/mol. The normalized spacial score (nSPS) is 23.9. The Morgan fingerprint density at radius 2 is 1.95 bits per heavy atom. The van der Waals surface area contributed by atoms with E-state index in [-0.39, 0.29) is 17.7 Å². The Bertz CT molecular complexity index is 650. The van der Waals surface area contributed by atoms with Crippen LogP contribution in [0.2, 0.25) is 0 Å². The van der Waals surface area contributed by atoms with Crippen molar-refractivity contribution >= 4 is 17.2 Å². The van der Waals surface area contributed by atoms with Gasteiger partial charge in [-0.1, -0.05) is 0 Å². The molecular weight excluding hydrogens is 272 g/mol. The van der Waals surface area contributed by atoms with Crippen LogP contribution in [0, 0.1) is 11.7 Å². The highest BCUT2D eigenvalue weighted by atomic mass is 19.1. The highest BCUT2D eigenvalue weighted by molar-refractivity contribution is 5.82. The summed E-state index contributed by atoms with van der Waals surface area (Å²) in [6.45, 7) is 0. The van der Waals surface area contributed by atoms with Crippen LogP contribution in [0.3, 0.4) is 0 Å². The first-order valence-corrected chi connectivity index (χ1v) is 7.32. The van der Waals surface area contributed by atoms with Crippen molar-refractivity contribution in [3.8, 4) is 0 Å². The molecule has 2 nitrogen and oxygen atoms in total. The molecule has 1 heterocycles. The Balaban J connectivity index is 1.85. The molecule has 3 rings (SSSR count). The third-order valence-corrected chi connectivity index (χ3v) is 4.53. The Hall–Kier alpha value is -1.84. The summed E-state index contributed by atoms with van der Waals surface area (Å²) >= 11 is 0. The van der Waals surface area contributed by atoms with Crippen LogP contribution >= 0.6 is 0 Å². The van der Waals surface area contributed by atoms with Gasteiger partial charge in [0.15, 0.2) is 12.5 Å². The molecule has 0 aliphatic heterocycles. The van der Waals surface area contributed by atoms with Crippen molar-refractivity contribution in [1.29, 1.82) is 0 Å². The SMILES string of the molecule is O=CC(F)C1CCC(c2ccnc3ccc(F)cc23)CC1. The summed E-state index contributed by atoms with van der Waals surface area (Å²) in [7, 11) is 0. The summed E-state index contributed by atoms with van der Waals surface area (Å²) in [5, 5.41) is 0.841. The van der Waals surface area contributed by atoms with Gasteiger partial charge in [-0.3, -0.25) is 4.98 Å². The monoisotopic (exact) mass is 289 g/mol. The van der Waals surface area contributed by atoms with Gasteiger partial charge in [-0.15, -0.1) is 0 Å². The maximum absolute atomic E-state index is 13.5. The third-order valence-electron chi connectivity index (χ3n) is 4.53. The molecule has 1 saturated carbocycles. The highest BCUT2D eigenvalue weighted by Crippen LogP contribution is 2.39. The minimum absolute atomic E-state index is 0.163. The van der Waals surface area contributed by atoms with Crippen molar-refractivity contribution in [2.24, 2.45) is 5.92 Å². The fourth-order valence-corrected chi connectivity index (χ4v) is 3.36. The molecule has 1 atom stereocenters. The number of hydrogen-bond donors (Lipinski definition) is 0. The van der Waals surface area contributed by atoms with Crippen LogP contribution in [0.1, 0.15) is 37.2 Å². The zero-order chi connectivity index (χ0) is 14.8. The van der Waals surface area contributed by atoms with E-state index in [2.05, 4.69) is 4.98 Å². The van der Waals surface area contributed by atoms with E-state index < -0.39 is 6.17 Å². The lowest BCUT2D eigenvalue weighted by atomic mass is 9.76. The lowest BCUT2D eigenvalue weighted by Gasteiger charge is -2.29. The van der Waals surface area contributed by atoms with E-state index >= 15 is 0 Å². The van der Waals surface area contributed by atoms with Gasteiger partial charge in [-0.25, -0.2) is 8.78 Å². The van der Waals surface area contributed by atoms with Crippen LogP contribution in [0.4, 0.5) is 8.78 Å². The maximum Gasteiger partial charge on any atom is 0.158 e. The number of pyridine rings is 1. The minimum atomic E-state index is -1.35. The Labute approximate surface area is 122 Å². The van der Waals surface area contributed by atoms with Gasteiger partial charge in [-0.2, -0.15) is 0 Å². The zero-order valence-electron chi connectivity index (χ0n) is 11.6. The van der Waals surface area contributed by atoms with E-state index in [1.165, 1.54) is 12.1 Å². The summed E-state index contributed by atoms with van der Waals surface area (Å²) in [5.41, 5.74) is 1.87. The highest BCUT2D eigenvalue weighted by Gasteiger charge is 2.28. The topological polar surface area (TPSA) is 30.0 Å². The van der Waals surface area contributed by atoms with Gasteiger partial charge in [0.05, 0.1) is 5.52 Å². The number of aromatic nitrogens is 1. The van der Waals surface area contributed by atoms with E-state index in [4.69, 9.17) is 0 Å². The fraction of sp³-hybridized carbons (Fsp3) is 0.412. The molecule has 1 aromatic carbocycles. The summed E-state index contributed by atoms with van der Waals surface area (Å²) in [6, 6.07) is 6.55. The standard InChI is InChI=1S/C17H17F2NO/c18-13-5-6-17-15(9-13)14(7-8-20-17)11-1-3-12(4-2-11)16(19)10-21/h5-12,16H,1-4H2. The second kappa shape index (κ2) is 5.88. The molecule has 0 N–H and O–H groups in total. The van der Waals surface area contributed by atoms with E-state index in [0.717, 1.165) is 29.3 Å². The molecule has 2 aromatic rings. The molecule has 1 aromatic heterocycles. The number of carbonyl (C=O) groups excluding carboxylic acids is 1. The largest absolute Gasteiger partial charge is 0.300 e. The Morgan fingerprint density at radius 3 is 2.67 bits per heavy atom. The van der Waals surface area contributed by atoms with Crippen molar-refractivity contribution < 1.29 is 13.6 Å². The average Bonchev–Trinajstić information content (AvgIpc) is 2.53.